The van der Waals surface area contributed by atoms with Gasteiger partial charge in [-0.1, -0.05) is 26.0 Å². The van der Waals surface area contributed by atoms with E-state index in [0.717, 1.165) is 16.7 Å². The van der Waals surface area contributed by atoms with E-state index < -0.39 is 0 Å². The van der Waals surface area contributed by atoms with Gasteiger partial charge in [0.05, 0.1) is 19.2 Å². The first-order valence-electron chi connectivity index (χ1n) is 6.04. The van der Waals surface area contributed by atoms with Crippen LogP contribution >= 0.6 is 0 Å². The van der Waals surface area contributed by atoms with Gasteiger partial charge in [0.1, 0.15) is 5.75 Å². The van der Waals surface area contributed by atoms with Crippen LogP contribution in [0.3, 0.4) is 0 Å². The van der Waals surface area contributed by atoms with Crippen molar-refractivity contribution in [2.75, 3.05) is 13.7 Å². The summed E-state index contributed by atoms with van der Waals surface area (Å²) in [7, 11) is 1.62. The molecule has 0 aliphatic carbocycles. The van der Waals surface area contributed by atoms with Crippen LogP contribution in [0.2, 0.25) is 0 Å². The molecule has 0 bridgehead atoms. The molecule has 4 heteroatoms. The number of ketones is 1. The number of aromatic amines is 1. The first-order valence-corrected chi connectivity index (χ1v) is 6.04. The smallest absolute Gasteiger partial charge is 0.178 e. The number of H-pyrrole nitrogens is 1. The molecule has 96 valence electrons. The number of fused-ring (bicyclic) bond motifs is 1. The Morgan fingerprint density at radius 1 is 1.44 bits per heavy atom. The third-order valence-electron chi connectivity index (χ3n) is 2.87. The van der Waals surface area contributed by atoms with E-state index >= 15 is 0 Å². The predicted molar refractivity (Wildman–Crippen MR) is 72.3 cm³/mol. The van der Waals surface area contributed by atoms with E-state index in [1.165, 1.54) is 0 Å². The summed E-state index contributed by atoms with van der Waals surface area (Å²) in [6.45, 7) is 4.39. The number of para-hydroxylation sites is 1. The minimum absolute atomic E-state index is 0.0863. The largest absolute Gasteiger partial charge is 0.495 e. The molecule has 18 heavy (non-hydrogen) atoms. The zero-order valence-electron chi connectivity index (χ0n) is 10.9. The maximum atomic E-state index is 12.1. The predicted octanol–water partition coefficient (Wildman–Crippen LogP) is 2.36. The molecule has 0 unspecified atom stereocenters. The molecule has 2 N–H and O–H groups in total. The fourth-order valence-electron chi connectivity index (χ4n) is 1.92. The Hall–Kier alpha value is -1.81. The van der Waals surface area contributed by atoms with Crippen LogP contribution in [-0.4, -0.2) is 30.5 Å². The first-order chi connectivity index (χ1) is 8.63. The van der Waals surface area contributed by atoms with Crippen LogP contribution in [0.5, 0.6) is 5.75 Å². The Morgan fingerprint density at radius 2 is 2.22 bits per heavy atom. The second-order valence-electron chi connectivity index (χ2n) is 4.54. The number of carbonyl (C=O) groups excluding carboxylic acids is 1. The van der Waals surface area contributed by atoms with Crippen LogP contribution < -0.4 is 10.1 Å². The van der Waals surface area contributed by atoms with E-state index in [4.69, 9.17) is 4.74 Å². The molecular weight excluding hydrogens is 228 g/mol. The number of rotatable bonds is 5. The maximum Gasteiger partial charge on any atom is 0.178 e. The minimum atomic E-state index is 0.0863. The maximum absolute atomic E-state index is 12.1. The second kappa shape index (κ2) is 5.23. The van der Waals surface area contributed by atoms with Gasteiger partial charge < -0.3 is 15.0 Å². The number of ether oxygens (including phenoxy) is 1. The molecule has 0 saturated heterocycles. The summed E-state index contributed by atoms with van der Waals surface area (Å²) >= 11 is 0. The molecule has 0 atom stereocenters. The lowest BCUT2D eigenvalue weighted by atomic mass is 10.1. The van der Waals surface area contributed by atoms with E-state index in [9.17, 15) is 4.79 Å². The number of nitrogens with one attached hydrogen (secondary N) is 2. The summed E-state index contributed by atoms with van der Waals surface area (Å²) in [5, 5.41) is 4.04. The summed E-state index contributed by atoms with van der Waals surface area (Å²) in [6, 6.07) is 5.99. The number of aromatic nitrogens is 1. The summed E-state index contributed by atoms with van der Waals surface area (Å²) < 4.78 is 5.26. The van der Waals surface area contributed by atoms with Gasteiger partial charge in [0, 0.05) is 23.2 Å². The molecule has 0 radical (unpaired) electrons. The van der Waals surface area contributed by atoms with Gasteiger partial charge in [-0.15, -0.1) is 0 Å². The highest BCUT2D eigenvalue weighted by Gasteiger charge is 2.14. The van der Waals surface area contributed by atoms with E-state index in [1.807, 2.05) is 32.0 Å². The Balaban J connectivity index is 2.32. The summed E-state index contributed by atoms with van der Waals surface area (Å²) in [5.41, 5.74) is 1.57. The van der Waals surface area contributed by atoms with Crippen LogP contribution in [-0.2, 0) is 0 Å². The molecule has 0 aliphatic rings. The van der Waals surface area contributed by atoms with E-state index in [0.29, 0.717) is 18.2 Å². The van der Waals surface area contributed by atoms with Gasteiger partial charge in [-0.05, 0) is 6.07 Å². The highest BCUT2D eigenvalue weighted by Crippen LogP contribution is 2.26. The number of Topliss-reactive ketones (excluding diaryl/α,β-unsaturated/α-hetero) is 1. The average molecular weight is 246 g/mol. The monoisotopic (exact) mass is 246 g/mol. The normalized spacial score (nSPS) is 11.1. The SMILES string of the molecule is COc1cccc2c(C(=O)CNC(C)C)c[nH]c12. The molecule has 0 fully saturated rings. The Bertz CT molecular complexity index is 558. The molecule has 4 nitrogen and oxygen atoms in total. The second-order valence-corrected chi connectivity index (χ2v) is 4.54. The fourth-order valence-corrected chi connectivity index (χ4v) is 1.92. The van der Waals surface area contributed by atoms with Crippen molar-refractivity contribution in [2.45, 2.75) is 19.9 Å². The minimum Gasteiger partial charge on any atom is -0.495 e. The van der Waals surface area contributed by atoms with Crippen molar-refractivity contribution in [1.82, 2.24) is 10.3 Å². The van der Waals surface area contributed by atoms with Crippen molar-refractivity contribution in [3.05, 3.63) is 30.0 Å². The lowest BCUT2D eigenvalue weighted by Gasteiger charge is -2.06. The molecule has 1 aromatic carbocycles. The van der Waals surface area contributed by atoms with Crippen molar-refractivity contribution >= 4 is 16.7 Å². The van der Waals surface area contributed by atoms with E-state index in [2.05, 4.69) is 10.3 Å². The molecule has 0 saturated carbocycles. The average Bonchev–Trinajstić information content (AvgIpc) is 2.79. The van der Waals surface area contributed by atoms with Gasteiger partial charge in [-0.2, -0.15) is 0 Å². The summed E-state index contributed by atoms with van der Waals surface area (Å²) in [4.78, 5) is 15.2. The molecule has 0 spiro atoms. The third-order valence-corrected chi connectivity index (χ3v) is 2.87. The number of carbonyl (C=O) groups is 1. The van der Waals surface area contributed by atoms with Gasteiger partial charge in [-0.3, -0.25) is 4.79 Å². The van der Waals surface area contributed by atoms with Crippen molar-refractivity contribution < 1.29 is 9.53 Å². The van der Waals surface area contributed by atoms with Crippen LogP contribution in [0.25, 0.3) is 10.9 Å². The van der Waals surface area contributed by atoms with Crippen LogP contribution in [0, 0.1) is 0 Å². The van der Waals surface area contributed by atoms with Gasteiger partial charge in [-0.25, -0.2) is 0 Å². The summed E-state index contributed by atoms with van der Waals surface area (Å²) in [5.74, 6) is 0.839. The van der Waals surface area contributed by atoms with Crippen molar-refractivity contribution in [1.29, 1.82) is 0 Å². The lowest BCUT2D eigenvalue weighted by molar-refractivity contribution is 0.0990. The van der Waals surface area contributed by atoms with Crippen LogP contribution in [0.15, 0.2) is 24.4 Å². The highest BCUT2D eigenvalue weighted by molar-refractivity contribution is 6.09. The number of methoxy groups -OCH3 is 1. The molecular formula is C14H18N2O2. The van der Waals surface area contributed by atoms with Crippen LogP contribution in [0.4, 0.5) is 0 Å². The standard InChI is InChI=1S/C14H18N2O2/c1-9(2)15-8-12(17)11-7-16-14-10(11)5-4-6-13(14)18-3/h4-7,9,15-16H,8H2,1-3H3. The number of hydrogen-bond donors (Lipinski definition) is 2. The Kier molecular flexibility index (Phi) is 3.67. The zero-order valence-corrected chi connectivity index (χ0v) is 10.9. The molecule has 2 rings (SSSR count). The highest BCUT2D eigenvalue weighted by atomic mass is 16.5. The fraction of sp³-hybridized carbons (Fsp3) is 0.357. The lowest BCUT2D eigenvalue weighted by Crippen LogP contribution is -2.29. The molecule has 1 aromatic heterocycles. The van der Waals surface area contributed by atoms with E-state index in [1.54, 1.807) is 13.3 Å². The van der Waals surface area contributed by atoms with Gasteiger partial charge >= 0.3 is 0 Å². The van der Waals surface area contributed by atoms with Crippen molar-refractivity contribution in [3.8, 4) is 5.75 Å². The molecule has 0 amide bonds. The molecule has 2 aromatic rings. The van der Waals surface area contributed by atoms with Gasteiger partial charge in [0.15, 0.2) is 5.78 Å². The van der Waals surface area contributed by atoms with Gasteiger partial charge in [0.25, 0.3) is 0 Å². The number of benzene rings is 1. The van der Waals surface area contributed by atoms with Crippen molar-refractivity contribution in [3.63, 3.8) is 0 Å². The van der Waals surface area contributed by atoms with E-state index in [-0.39, 0.29) is 5.78 Å². The Labute approximate surface area is 106 Å². The first kappa shape index (κ1) is 12.6. The Morgan fingerprint density at radius 3 is 2.89 bits per heavy atom. The third kappa shape index (κ3) is 2.38. The van der Waals surface area contributed by atoms with Gasteiger partial charge in [0.2, 0.25) is 0 Å². The summed E-state index contributed by atoms with van der Waals surface area (Å²) in [6.07, 6.45) is 1.75. The molecule has 0 aliphatic heterocycles. The molecule has 1 heterocycles. The topological polar surface area (TPSA) is 54.1 Å². The van der Waals surface area contributed by atoms with Crippen LogP contribution in [0.1, 0.15) is 24.2 Å². The zero-order chi connectivity index (χ0) is 13.1. The number of hydrogen-bond acceptors (Lipinski definition) is 3. The quantitative estimate of drug-likeness (QED) is 0.796. The van der Waals surface area contributed by atoms with Crippen molar-refractivity contribution in [2.24, 2.45) is 0 Å².